The van der Waals surface area contributed by atoms with Crippen LogP contribution in [-0.2, 0) is 6.61 Å². The third-order valence-corrected chi connectivity index (χ3v) is 5.03. The van der Waals surface area contributed by atoms with E-state index in [0.29, 0.717) is 17.1 Å². The maximum Gasteiger partial charge on any atom is 0.438 e. The highest BCUT2D eigenvalue weighted by molar-refractivity contribution is 9.10. The summed E-state index contributed by atoms with van der Waals surface area (Å²) in [5, 5.41) is 13.9. The van der Waals surface area contributed by atoms with Crippen LogP contribution in [0.4, 0.5) is 13.2 Å². The van der Waals surface area contributed by atoms with Crippen molar-refractivity contribution in [2.24, 2.45) is 5.10 Å². The van der Waals surface area contributed by atoms with Crippen LogP contribution in [0.25, 0.3) is 0 Å². The van der Waals surface area contributed by atoms with E-state index in [0.717, 1.165) is 4.47 Å². The van der Waals surface area contributed by atoms with Crippen LogP contribution in [0.3, 0.4) is 0 Å². The third-order valence-electron chi connectivity index (χ3n) is 4.51. The number of carbonyl (C=O) groups is 1. The monoisotopic (exact) mass is 486 g/mol. The Morgan fingerprint density at radius 2 is 1.93 bits per heavy atom. The average Bonchev–Trinajstić information content (AvgIpc) is 3.02. The quantitative estimate of drug-likeness (QED) is 0.674. The molecular formula is C20H18BrF3N2O4. The van der Waals surface area contributed by atoms with Crippen LogP contribution in [0.2, 0.25) is 0 Å². The van der Waals surface area contributed by atoms with E-state index in [4.69, 9.17) is 9.47 Å². The first-order valence-corrected chi connectivity index (χ1v) is 9.57. The van der Waals surface area contributed by atoms with Crippen LogP contribution in [0.5, 0.6) is 11.5 Å². The lowest BCUT2D eigenvalue weighted by molar-refractivity contribution is -0.297. The fourth-order valence-electron chi connectivity index (χ4n) is 2.99. The van der Waals surface area contributed by atoms with Gasteiger partial charge in [0.2, 0.25) is 0 Å². The second-order valence-corrected chi connectivity index (χ2v) is 7.63. The Hall–Kier alpha value is -2.59. The van der Waals surface area contributed by atoms with Crippen molar-refractivity contribution in [1.82, 2.24) is 5.01 Å². The molecule has 3 rings (SSSR count). The molecule has 1 aliphatic rings. The highest BCUT2D eigenvalue weighted by Gasteiger charge is 2.62. The fourth-order valence-corrected chi connectivity index (χ4v) is 3.26. The Balaban J connectivity index is 1.88. The lowest BCUT2D eigenvalue weighted by atomic mass is 10.0. The summed E-state index contributed by atoms with van der Waals surface area (Å²) >= 11 is 3.32. The minimum absolute atomic E-state index is 0.00418. The van der Waals surface area contributed by atoms with Gasteiger partial charge in [0.05, 0.1) is 7.11 Å². The average molecular weight is 487 g/mol. The maximum atomic E-state index is 13.4. The van der Waals surface area contributed by atoms with Gasteiger partial charge in [-0.1, -0.05) is 15.9 Å². The van der Waals surface area contributed by atoms with Gasteiger partial charge in [-0.25, -0.2) is 0 Å². The molecule has 1 atom stereocenters. The molecular weight excluding hydrogens is 469 g/mol. The van der Waals surface area contributed by atoms with E-state index >= 15 is 0 Å². The number of carbonyl (C=O) groups excluding carboxylic acids is 1. The minimum atomic E-state index is -5.07. The van der Waals surface area contributed by atoms with Crippen molar-refractivity contribution in [3.63, 3.8) is 0 Å². The van der Waals surface area contributed by atoms with Crippen LogP contribution in [0.1, 0.15) is 29.3 Å². The van der Waals surface area contributed by atoms with E-state index in [2.05, 4.69) is 21.0 Å². The molecule has 0 aromatic heterocycles. The van der Waals surface area contributed by atoms with Crippen LogP contribution in [0, 0.1) is 0 Å². The Morgan fingerprint density at radius 3 is 2.53 bits per heavy atom. The number of ether oxygens (including phenoxy) is 2. The molecule has 2 aromatic carbocycles. The van der Waals surface area contributed by atoms with Crippen molar-refractivity contribution in [3.05, 3.63) is 58.1 Å². The van der Waals surface area contributed by atoms with Gasteiger partial charge < -0.3 is 14.6 Å². The molecule has 160 valence electrons. The highest BCUT2D eigenvalue weighted by Crippen LogP contribution is 2.41. The normalized spacial score (nSPS) is 18.9. The van der Waals surface area contributed by atoms with Crippen molar-refractivity contribution >= 4 is 27.5 Å². The van der Waals surface area contributed by atoms with Gasteiger partial charge in [-0.05, 0) is 49.4 Å². The van der Waals surface area contributed by atoms with Gasteiger partial charge in [-0.2, -0.15) is 23.3 Å². The molecule has 0 fully saturated rings. The minimum Gasteiger partial charge on any atom is -0.496 e. The highest BCUT2D eigenvalue weighted by atomic mass is 79.9. The number of nitrogens with zero attached hydrogens (tertiary/aromatic N) is 2. The number of alkyl halides is 3. The van der Waals surface area contributed by atoms with Crippen molar-refractivity contribution < 1.29 is 32.5 Å². The first-order valence-electron chi connectivity index (χ1n) is 8.78. The van der Waals surface area contributed by atoms with Crippen LogP contribution in [-0.4, -0.2) is 40.7 Å². The number of aliphatic hydroxyl groups is 1. The Kier molecular flexibility index (Phi) is 6.09. The first-order chi connectivity index (χ1) is 14.0. The molecule has 0 saturated heterocycles. The molecule has 1 aliphatic heterocycles. The summed E-state index contributed by atoms with van der Waals surface area (Å²) in [6, 6.07) is 11.2. The molecule has 10 heteroatoms. The summed E-state index contributed by atoms with van der Waals surface area (Å²) < 4.78 is 52.1. The van der Waals surface area contributed by atoms with Gasteiger partial charge in [-0.15, -0.1) is 0 Å². The van der Waals surface area contributed by atoms with E-state index in [-0.39, 0.29) is 22.9 Å². The summed E-state index contributed by atoms with van der Waals surface area (Å²) in [5.41, 5.74) is -3.04. The molecule has 1 unspecified atom stereocenters. The van der Waals surface area contributed by atoms with Gasteiger partial charge >= 0.3 is 6.18 Å². The number of hydrazone groups is 1. The van der Waals surface area contributed by atoms with Crippen LogP contribution < -0.4 is 9.47 Å². The summed E-state index contributed by atoms with van der Waals surface area (Å²) in [6.07, 6.45) is -5.87. The number of hydrogen-bond acceptors (Lipinski definition) is 5. The molecule has 0 saturated carbocycles. The zero-order valence-corrected chi connectivity index (χ0v) is 17.6. The number of hydrogen-bond donors (Lipinski definition) is 1. The van der Waals surface area contributed by atoms with Crippen molar-refractivity contribution in [2.75, 3.05) is 7.11 Å². The largest absolute Gasteiger partial charge is 0.496 e. The molecule has 0 radical (unpaired) electrons. The number of benzene rings is 2. The molecule has 2 aromatic rings. The summed E-state index contributed by atoms with van der Waals surface area (Å²) in [7, 11) is 1.43. The third kappa shape index (κ3) is 4.29. The summed E-state index contributed by atoms with van der Waals surface area (Å²) in [6.45, 7) is 1.33. The Morgan fingerprint density at radius 1 is 1.27 bits per heavy atom. The van der Waals surface area contributed by atoms with Crippen molar-refractivity contribution in [1.29, 1.82) is 0 Å². The molecule has 30 heavy (non-hydrogen) atoms. The van der Waals surface area contributed by atoms with Crippen molar-refractivity contribution in [3.8, 4) is 11.5 Å². The van der Waals surface area contributed by atoms with Gasteiger partial charge in [0.25, 0.3) is 11.6 Å². The topological polar surface area (TPSA) is 71.4 Å². The number of halogens is 4. The fraction of sp³-hybridized carbons (Fsp3) is 0.300. The van der Waals surface area contributed by atoms with Gasteiger partial charge in [0, 0.05) is 27.7 Å². The second-order valence-electron chi connectivity index (χ2n) is 6.71. The molecule has 0 spiro atoms. The first kappa shape index (κ1) is 22.1. The summed E-state index contributed by atoms with van der Waals surface area (Å²) in [4.78, 5) is 12.8. The second kappa shape index (κ2) is 8.27. The van der Waals surface area contributed by atoms with E-state index in [9.17, 15) is 23.1 Å². The summed E-state index contributed by atoms with van der Waals surface area (Å²) in [5.74, 6) is -0.127. The zero-order chi connectivity index (χ0) is 22.1. The Labute approximate surface area is 179 Å². The molecule has 1 N–H and O–H groups in total. The zero-order valence-electron chi connectivity index (χ0n) is 16.0. The van der Waals surface area contributed by atoms with Gasteiger partial charge in [-0.3, -0.25) is 4.79 Å². The maximum absolute atomic E-state index is 13.4. The van der Waals surface area contributed by atoms with E-state index in [1.54, 1.807) is 24.3 Å². The SMILES string of the molecule is COc1ccc(C(=O)N2N=C(C)CC2(O)C(F)(F)F)cc1COc1ccc(Br)cc1. The molecule has 0 aliphatic carbocycles. The number of amides is 1. The standard InChI is InChI=1S/C20H18BrF3N2O4/c1-12-10-19(28,20(22,23)24)26(25-12)18(27)13-3-8-17(29-2)14(9-13)11-30-16-6-4-15(21)5-7-16/h3-9,28H,10-11H2,1-2H3. The van der Waals surface area contributed by atoms with Gasteiger partial charge in [0.1, 0.15) is 18.1 Å². The van der Waals surface area contributed by atoms with E-state index in [1.165, 1.54) is 32.2 Å². The van der Waals surface area contributed by atoms with Gasteiger partial charge in [0.15, 0.2) is 0 Å². The molecule has 0 bridgehead atoms. The van der Waals surface area contributed by atoms with Crippen LogP contribution in [0.15, 0.2) is 52.0 Å². The Bertz CT molecular complexity index is 979. The molecule has 6 nitrogen and oxygen atoms in total. The lowest BCUT2D eigenvalue weighted by Crippen LogP contribution is -2.56. The lowest BCUT2D eigenvalue weighted by Gasteiger charge is -2.32. The van der Waals surface area contributed by atoms with Crippen molar-refractivity contribution in [2.45, 2.75) is 31.9 Å². The predicted molar refractivity (Wildman–Crippen MR) is 106 cm³/mol. The number of methoxy groups -OCH3 is 1. The molecule has 1 amide bonds. The predicted octanol–water partition coefficient (Wildman–Crippen LogP) is 4.51. The number of rotatable bonds is 5. The van der Waals surface area contributed by atoms with Crippen LogP contribution >= 0.6 is 15.9 Å². The van der Waals surface area contributed by atoms with E-state index < -0.39 is 24.2 Å². The van der Waals surface area contributed by atoms with E-state index in [1.807, 2.05) is 0 Å². The molecule has 1 heterocycles. The smallest absolute Gasteiger partial charge is 0.438 e.